The van der Waals surface area contributed by atoms with Crippen molar-refractivity contribution < 1.29 is 10.2 Å². The largest absolute Gasteiger partial charge is 0.396 e. The molecule has 1 saturated carbocycles. The zero-order valence-corrected chi connectivity index (χ0v) is 12.6. The number of unbranched alkanes of at least 4 members (excludes halogenated alkanes) is 3. The van der Waals surface area contributed by atoms with Crippen LogP contribution < -0.4 is 0 Å². The highest BCUT2D eigenvalue weighted by atomic mass is 16.3. The van der Waals surface area contributed by atoms with Gasteiger partial charge in [0.1, 0.15) is 0 Å². The molecule has 1 aromatic rings. The van der Waals surface area contributed by atoms with Crippen molar-refractivity contribution in [2.75, 3.05) is 6.61 Å². The average molecular weight is 276 g/mol. The molecule has 0 unspecified atom stereocenters. The lowest BCUT2D eigenvalue weighted by atomic mass is 9.78. The van der Waals surface area contributed by atoms with Crippen molar-refractivity contribution in [2.24, 2.45) is 11.8 Å². The van der Waals surface area contributed by atoms with Crippen LogP contribution in [0.1, 0.15) is 57.4 Å². The Morgan fingerprint density at radius 3 is 2.55 bits per heavy atom. The lowest BCUT2D eigenvalue weighted by Crippen LogP contribution is -2.33. The first-order valence-corrected chi connectivity index (χ1v) is 8.11. The predicted molar refractivity (Wildman–Crippen MR) is 82.4 cm³/mol. The molecule has 0 saturated heterocycles. The Morgan fingerprint density at radius 1 is 1.15 bits per heavy atom. The third kappa shape index (κ3) is 3.24. The molecule has 2 nitrogen and oxygen atoms in total. The summed E-state index contributed by atoms with van der Waals surface area (Å²) in [5.74, 6) is 0.452. The van der Waals surface area contributed by atoms with Gasteiger partial charge in [-0.1, -0.05) is 62.9 Å². The fourth-order valence-electron chi connectivity index (χ4n) is 3.75. The first kappa shape index (κ1) is 15.5. The molecule has 3 atom stereocenters. The second-order valence-corrected chi connectivity index (χ2v) is 6.23. The van der Waals surface area contributed by atoms with E-state index in [-0.39, 0.29) is 18.4 Å². The Balaban J connectivity index is 2.09. The van der Waals surface area contributed by atoms with Crippen molar-refractivity contribution in [1.29, 1.82) is 0 Å². The number of hydrogen-bond acceptors (Lipinski definition) is 2. The van der Waals surface area contributed by atoms with Crippen LogP contribution in [0.4, 0.5) is 0 Å². The molecule has 1 aliphatic rings. The van der Waals surface area contributed by atoms with E-state index in [0.29, 0.717) is 0 Å². The molecule has 20 heavy (non-hydrogen) atoms. The topological polar surface area (TPSA) is 40.5 Å². The highest BCUT2D eigenvalue weighted by molar-refractivity contribution is 5.25. The Morgan fingerprint density at radius 2 is 1.90 bits per heavy atom. The summed E-state index contributed by atoms with van der Waals surface area (Å²) in [6.45, 7) is 2.42. The molecular weight excluding hydrogens is 248 g/mol. The molecule has 2 N–H and O–H groups in total. The number of aliphatic hydroxyl groups is 2. The molecule has 0 heterocycles. The number of aliphatic hydroxyl groups excluding tert-OH is 1. The lowest BCUT2D eigenvalue weighted by molar-refractivity contribution is -0.0233. The Labute approximate surface area is 122 Å². The SMILES string of the molecule is CCCCCC[C@@H]1[C@H](CO)CC[C@@]1(O)c1ccccc1. The van der Waals surface area contributed by atoms with Crippen molar-refractivity contribution in [2.45, 2.75) is 57.5 Å². The van der Waals surface area contributed by atoms with Gasteiger partial charge in [-0.25, -0.2) is 0 Å². The summed E-state index contributed by atoms with van der Waals surface area (Å²) in [6, 6.07) is 10.0. The third-order valence-electron chi connectivity index (χ3n) is 4.96. The molecule has 0 amide bonds. The zero-order chi connectivity index (χ0) is 14.4. The quantitative estimate of drug-likeness (QED) is 0.742. The molecule has 2 heteroatoms. The van der Waals surface area contributed by atoms with E-state index in [1.54, 1.807) is 0 Å². The highest BCUT2D eigenvalue weighted by Gasteiger charge is 2.47. The molecule has 0 aromatic heterocycles. The number of hydrogen-bond donors (Lipinski definition) is 2. The van der Waals surface area contributed by atoms with Gasteiger partial charge in [-0.2, -0.15) is 0 Å². The van der Waals surface area contributed by atoms with Crippen molar-refractivity contribution in [3.63, 3.8) is 0 Å². The smallest absolute Gasteiger partial charge is 0.0928 e. The monoisotopic (exact) mass is 276 g/mol. The van der Waals surface area contributed by atoms with Crippen molar-refractivity contribution >= 4 is 0 Å². The minimum Gasteiger partial charge on any atom is -0.396 e. The maximum atomic E-state index is 11.2. The van der Waals surface area contributed by atoms with Gasteiger partial charge in [-0.15, -0.1) is 0 Å². The van der Waals surface area contributed by atoms with Gasteiger partial charge in [0, 0.05) is 6.61 Å². The van der Waals surface area contributed by atoms with Crippen LogP contribution in [0.3, 0.4) is 0 Å². The van der Waals surface area contributed by atoms with Gasteiger partial charge >= 0.3 is 0 Å². The van der Waals surface area contributed by atoms with Crippen LogP contribution in [0.5, 0.6) is 0 Å². The molecular formula is C18H28O2. The maximum absolute atomic E-state index is 11.2. The normalized spacial score (nSPS) is 29.8. The van der Waals surface area contributed by atoms with Gasteiger partial charge < -0.3 is 10.2 Å². The predicted octanol–water partition coefficient (Wildman–Crippen LogP) is 3.86. The summed E-state index contributed by atoms with van der Waals surface area (Å²) in [6.07, 6.45) is 7.62. The Bertz CT molecular complexity index is 390. The van der Waals surface area contributed by atoms with Crippen LogP contribution >= 0.6 is 0 Å². The Hall–Kier alpha value is -0.860. The third-order valence-corrected chi connectivity index (χ3v) is 4.96. The molecule has 1 aromatic carbocycles. The summed E-state index contributed by atoms with van der Waals surface area (Å²) in [5.41, 5.74) is 0.289. The molecule has 1 aliphatic carbocycles. The summed E-state index contributed by atoms with van der Waals surface area (Å²) < 4.78 is 0. The Kier molecular flexibility index (Phi) is 5.62. The highest BCUT2D eigenvalue weighted by Crippen LogP contribution is 2.49. The molecule has 0 spiro atoms. The van der Waals surface area contributed by atoms with Crippen LogP contribution in [0.2, 0.25) is 0 Å². The van der Waals surface area contributed by atoms with Crippen molar-refractivity contribution in [3.8, 4) is 0 Å². The van der Waals surface area contributed by atoms with E-state index in [1.165, 1.54) is 19.3 Å². The van der Waals surface area contributed by atoms with E-state index in [4.69, 9.17) is 0 Å². The second-order valence-electron chi connectivity index (χ2n) is 6.23. The van der Waals surface area contributed by atoms with Crippen molar-refractivity contribution in [3.05, 3.63) is 35.9 Å². The summed E-state index contributed by atoms with van der Waals surface area (Å²) in [7, 11) is 0. The van der Waals surface area contributed by atoms with E-state index < -0.39 is 5.60 Å². The molecule has 112 valence electrons. The fourth-order valence-corrected chi connectivity index (χ4v) is 3.75. The lowest BCUT2D eigenvalue weighted by Gasteiger charge is -2.33. The maximum Gasteiger partial charge on any atom is 0.0928 e. The average Bonchev–Trinajstić information content (AvgIpc) is 2.82. The minimum atomic E-state index is -0.735. The van der Waals surface area contributed by atoms with E-state index >= 15 is 0 Å². The van der Waals surface area contributed by atoms with Crippen LogP contribution in [-0.4, -0.2) is 16.8 Å². The summed E-state index contributed by atoms with van der Waals surface area (Å²) in [4.78, 5) is 0. The first-order chi connectivity index (χ1) is 9.72. The standard InChI is InChI=1S/C18H28O2/c1-2-3-4-8-11-17-15(14-19)12-13-18(17,20)16-9-6-5-7-10-16/h5-7,9-10,15,17,19-20H,2-4,8,11-14H2,1H3/t15-,17+,18+/m0/s1. The van der Waals surface area contributed by atoms with E-state index in [0.717, 1.165) is 31.2 Å². The van der Waals surface area contributed by atoms with Gasteiger partial charge in [0.15, 0.2) is 0 Å². The van der Waals surface area contributed by atoms with Crippen LogP contribution in [-0.2, 0) is 5.60 Å². The molecule has 2 rings (SSSR count). The molecule has 0 radical (unpaired) electrons. The van der Waals surface area contributed by atoms with Crippen LogP contribution in [0, 0.1) is 11.8 Å². The zero-order valence-electron chi connectivity index (χ0n) is 12.6. The number of rotatable bonds is 7. The first-order valence-electron chi connectivity index (χ1n) is 8.11. The second kappa shape index (κ2) is 7.24. The van der Waals surface area contributed by atoms with Gasteiger partial charge in [0.05, 0.1) is 5.60 Å². The van der Waals surface area contributed by atoms with Gasteiger partial charge in [0.25, 0.3) is 0 Å². The fraction of sp³-hybridized carbons (Fsp3) is 0.667. The van der Waals surface area contributed by atoms with Crippen molar-refractivity contribution in [1.82, 2.24) is 0 Å². The van der Waals surface area contributed by atoms with E-state index in [2.05, 4.69) is 6.92 Å². The van der Waals surface area contributed by atoms with Gasteiger partial charge in [-0.3, -0.25) is 0 Å². The molecule has 0 aliphatic heterocycles. The van der Waals surface area contributed by atoms with Gasteiger partial charge in [-0.05, 0) is 36.7 Å². The summed E-state index contributed by atoms with van der Waals surface area (Å²) >= 11 is 0. The van der Waals surface area contributed by atoms with E-state index in [9.17, 15) is 10.2 Å². The van der Waals surface area contributed by atoms with Crippen LogP contribution in [0.25, 0.3) is 0 Å². The van der Waals surface area contributed by atoms with Gasteiger partial charge in [0.2, 0.25) is 0 Å². The summed E-state index contributed by atoms with van der Waals surface area (Å²) in [5, 5.41) is 20.8. The van der Waals surface area contributed by atoms with E-state index in [1.807, 2.05) is 30.3 Å². The van der Waals surface area contributed by atoms with Crippen LogP contribution in [0.15, 0.2) is 30.3 Å². The molecule has 0 bridgehead atoms. The number of benzene rings is 1. The minimum absolute atomic E-state index is 0.201. The molecule has 1 fully saturated rings.